The molecule has 0 aromatic heterocycles. The monoisotopic (exact) mass is 276 g/mol. The molecule has 2 rings (SSSR count). The number of rotatable bonds is 2. The second-order valence-corrected chi connectivity index (χ2v) is 6.07. The van der Waals surface area contributed by atoms with E-state index >= 15 is 0 Å². The lowest BCUT2D eigenvalue weighted by Gasteiger charge is -2.38. The lowest BCUT2D eigenvalue weighted by atomic mass is 9.66. The van der Waals surface area contributed by atoms with Gasteiger partial charge >= 0.3 is 0 Å². The Hall–Kier alpha value is -0.580. The van der Waals surface area contributed by atoms with Gasteiger partial charge in [-0.25, -0.2) is 0 Å². The van der Waals surface area contributed by atoms with E-state index in [9.17, 15) is 5.11 Å². The van der Waals surface area contributed by atoms with Gasteiger partial charge in [0.1, 0.15) is 0 Å². The molecule has 4 heteroatoms. The van der Waals surface area contributed by atoms with Gasteiger partial charge in [-0.3, -0.25) is 10.5 Å². The number of ether oxygens (including phenoxy) is 1. The highest BCUT2D eigenvalue weighted by Crippen LogP contribution is 2.45. The third kappa shape index (κ3) is 3.94. The molecule has 1 fully saturated rings. The molecule has 0 spiro atoms. The Kier molecular flexibility index (Phi) is 6.83. The summed E-state index contributed by atoms with van der Waals surface area (Å²) >= 11 is 0. The SMILES string of the molecule is C[C@@H]1CCC([C@@H](C)CO)C2=CO[C@@H](C)CCC21.OO.[HH].[HH]. The van der Waals surface area contributed by atoms with Gasteiger partial charge in [0.2, 0.25) is 0 Å². The second kappa shape index (κ2) is 7.88. The molecule has 0 amide bonds. The lowest BCUT2D eigenvalue weighted by Crippen LogP contribution is -2.30. The van der Waals surface area contributed by atoms with Crippen molar-refractivity contribution in [1.29, 1.82) is 0 Å². The Labute approximate surface area is 119 Å². The van der Waals surface area contributed by atoms with Crippen LogP contribution in [0.1, 0.15) is 49.3 Å². The molecule has 19 heavy (non-hydrogen) atoms. The van der Waals surface area contributed by atoms with Crippen molar-refractivity contribution in [2.45, 2.75) is 52.6 Å². The van der Waals surface area contributed by atoms with Crippen LogP contribution in [0, 0.1) is 23.7 Å². The van der Waals surface area contributed by atoms with Gasteiger partial charge in [-0.2, -0.15) is 0 Å². The first-order valence-electron chi connectivity index (χ1n) is 7.29. The molecule has 2 unspecified atom stereocenters. The fourth-order valence-corrected chi connectivity index (χ4v) is 3.46. The molecule has 0 radical (unpaired) electrons. The minimum Gasteiger partial charge on any atom is -0.498 e. The molecule has 116 valence electrons. The van der Waals surface area contributed by atoms with Gasteiger partial charge in [0.05, 0.1) is 12.4 Å². The van der Waals surface area contributed by atoms with E-state index in [1.165, 1.54) is 24.8 Å². The number of aliphatic hydroxyl groups excluding tert-OH is 1. The largest absolute Gasteiger partial charge is 0.498 e. The predicted octanol–water partition coefficient (Wildman–Crippen LogP) is 3.87. The van der Waals surface area contributed by atoms with Crippen molar-refractivity contribution in [1.82, 2.24) is 0 Å². The molecule has 1 heterocycles. The average molecular weight is 276 g/mol. The van der Waals surface area contributed by atoms with Gasteiger partial charge in [-0.05, 0) is 61.9 Å². The van der Waals surface area contributed by atoms with E-state index in [0.717, 1.165) is 12.3 Å². The standard InChI is InChI=1S/C15H26O2.H2O2.2H2/c1-10-4-6-14(11(2)8-16)15-9-17-12(3)5-7-13(10)15;1-2;;/h9-14,16H,4-8H2,1-3H3;1-2H;2*1H/t10-,11+,12+,13?,14?;;;/m1.../s1. The van der Waals surface area contributed by atoms with Gasteiger partial charge in [-0.15, -0.1) is 0 Å². The zero-order valence-electron chi connectivity index (χ0n) is 12.2. The summed E-state index contributed by atoms with van der Waals surface area (Å²) in [5.74, 6) is 2.37. The predicted molar refractivity (Wildman–Crippen MR) is 79.0 cm³/mol. The van der Waals surface area contributed by atoms with Gasteiger partial charge in [0, 0.05) is 9.46 Å². The Morgan fingerprint density at radius 2 is 1.95 bits per heavy atom. The molecule has 1 aliphatic heterocycles. The molecule has 2 aliphatic rings. The summed E-state index contributed by atoms with van der Waals surface area (Å²) in [6.45, 7) is 6.98. The Bertz CT molecular complexity index is 299. The van der Waals surface area contributed by atoms with Crippen LogP contribution in [0.4, 0.5) is 0 Å². The normalized spacial score (nSPS) is 35.8. The van der Waals surface area contributed by atoms with Crippen LogP contribution in [0.2, 0.25) is 0 Å². The molecule has 1 aliphatic carbocycles. The number of fused-ring (bicyclic) bond motifs is 1. The third-order valence-electron chi connectivity index (χ3n) is 4.77. The van der Waals surface area contributed by atoms with Gasteiger partial charge in [-0.1, -0.05) is 13.8 Å². The molecule has 0 aromatic carbocycles. The lowest BCUT2D eigenvalue weighted by molar-refractivity contribution is -0.176. The van der Waals surface area contributed by atoms with Gasteiger partial charge in [0.15, 0.2) is 0 Å². The van der Waals surface area contributed by atoms with Gasteiger partial charge < -0.3 is 9.84 Å². The van der Waals surface area contributed by atoms with Gasteiger partial charge in [0.25, 0.3) is 0 Å². The van der Waals surface area contributed by atoms with Crippen LogP contribution in [0.3, 0.4) is 0 Å². The minimum atomic E-state index is 0. The molecular weight excluding hydrogens is 244 g/mol. The van der Waals surface area contributed by atoms with Crippen molar-refractivity contribution < 1.29 is 23.2 Å². The maximum Gasteiger partial charge on any atom is 0.0950 e. The van der Waals surface area contributed by atoms with E-state index in [-0.39, 0.29) is 2.85 Å². The summed E-state index contributed by atoms with van der Waals surface area (Å²) in [6, 6.07) is 0. The number of aliphatic hydroxyl groups is 1. The summed E-state index contributed by atoms with van der Waals surface area (Å²) in [6.07, 6.45) is 7.31. The Morgan fingerprint density at radius 3 is 2.58 bits per heavy atom. The van der Waals surface area contributed by atoms with Crippen LogP contribution < -0.4 is 0 Å². The fraction of sp³-hybridized carbons (Fsp3) is 0.867. The summed E-state index contributed by atoms with van der Waals surface area (Å²) in [5, 5.41) is 21.4. The quantitative estimate of drug-likeness (QED) is 0.529. The number of hydrogen-bond acceptors (Lipinski definition) is 4. The third-order valence-corrected chi connectivity index (χ3v) is 4.77. The first kappa shape index (κ1) is 16.5. The van der Waals surface area contributed by atoms with E-state index < -0.39 is 0 Å². The summed E-state index contributed by atoms with van der Waals surface area (Å²) < 4.78 is 5.80. The maximum absolute atomic E-state index is 9.40. The van der Waals surface area contributed by atoms with Crippen LogP contribution in [0.15, 0.2) is 11.8 Å². The van der Waals surface area contributed by atoms with Crippen molar-refractivity contribution in [3.8, 4) is 0 Å². The van der Waals surface area contributed by atoms with E-state index in [2.05, 4.69) is 20.8 Å². The first-order valence-corrected chi connectivity index (χ1v) is 7.29. The van der Waals surface area contributed by atoms with Crippen molar-refractivity contribution in [3.63, 3.8) is 0 Å². The smallest absolute Gasteiger partial charge is 0.0950 e. The average Bonchev–Trinajstić information content (AvgIpc) is 2.64. The van der Waals surface area contributed by atoms with Crippen LogP contribution in [-0.2, 0) is 4.74 Å². The summed E-state index contributed by atoms with van der Waals surface area (Å²) in [7, 11) is 0. The molecule has 1 saturated carbocycles. The van der Waals surface area contributed by atoms with E-state index in [1.807, 2.05) is 6.26 Å². The molecule has 0 bridgehead atoms. The zero-order chi connectivity index (χ0) is 14.4. The van der Waals surface area contributed by atoms with Crippen molar-refractivity contribution in [3.05, 3.63) is 11.8 Å². The van der Waals surface area contributed by atoms with Crippen LogP contribution in [0.25, 0.3) is 0 Å². The minimum absolute atomic E-state index is 0. The van der Waals surface area contributed by atoms with Crippen LogP contribution in [0.5, 0.6) is 0 Å². The topological polar surface area (TPSA) is 69.9 Å². The van der Waals surface area contributed by atoms with E-state index in [4.69, 9.17) is 15.3 Å². The molecule has 4 nitrogen and oxygen atoms in total. The molecule has 0 saturated heterocycles. The van der Waals surface area contributed by atoms with Crippen molar-refractivity contribution in [2.75, 3.05) is 6.61 Å². The Balaban J connectivity index is 0. The molecule has 0 aromatic rings. The summed E-state index contributed by atoms with van der Waals surface area (Å²) in [4.78, 5) is 0. The highest BCUT2D eigenvalue weighted by molar-refractivity contribution is 5.15. The first-order chi connectivity index (χ1) is 9.13. The number of allylic oxidation sites excluding steroid dienone is 1. The maximum atomic E-state index is 9.40. The van der Waals surface area contributed by atoms with Crippen LogP contribution >= 0.6 is 0 Å². The zero-order valence-corrected chi connectivity index (χ0v) is 12.2. The number of hydrogen-bond donors (Lipinski definition) is 3. The highest BCUT2D eigenvalue weighted by Gasteiger charge is 2.36. The van der Waals surface area contributed by atoms with E-state index in [0.29, 0.717) is 30.5 Å². The molecule has 3 N–H and O–H groups in total. The fourth-order valence-electron chi connectivity index (χ4n) is 3.46. The molecule has 5 atom stereocenters. The summed E-state index contributed by atoms with van der Waals surface area (Å²) in [5.41, 5.74) is 1.48. The highest BCUT2D eigenvalue weighted by atomic mass is 17.0. The van der Waals surface area contributed by atoms with E-state index in [1.54, 1.807) is 0 Å². The Morgan fingerprint density at radius 1 is 1.26 bits per heavy atom. The van der Waals surface area contributed by atoms with Crippen molar-refractivity contribution in [2.24, 2.45) is 23.7 Å². The second-order valence-electron chi connectivity index (χ2n) is 6.07. The van der Waals surface area contributed by atoms with Crippen molar-refractivity contribution >= 4 is 0 Å². The molecular formula is C15H32O4. The van der Waals surface area contributed by atoms with Crippen LogP contribution in [-0.4, -0.2) is 28.3 Å².